The first-order valence-corrected chi connectivity index (χ1v) is 12.5. The second-order valence-electron chi connectivity index (χ2n) is 10.3. The zero-order valence-electron chi connectivity index (χ0n) is 21.7. The highest BCUT2D eigenvalue weighted by Crippen LogP contribution is 2.43. The second kappa shape index (κ2) is 12.1. The van der Waals surface area contributed by atoms with Crippen molar-refractivity contribution < 1.29 is 23.8 Å². The first-order valence-electron chi connectivity index (χ1n) is 12.5. The van der Waals surface area contributed by atoms with Gasteiger partial charge in [0.15, 0.2) is 18.1 Å². The van der Waals surface area contributed by atoms with Gasteiger partial charge in [0, 0.05) is 5.69 Å². The van der Waals surface area contributed by atoms with Crippen LogP contribution in [0.25, 0.3) is 0 Å². The number of amides is 1. The Morgan fingerprint density at radius 1 is 1.00 bits per heavy atom. The van der Waals surface area contributed by atoms with Gasteiger partial charge in [0.1, 0.15) is 0 Å². The van der Waals surface area contributed by atoms with Crippen molar-refractivity contribution in [3.63, 3.8) is 0 Å². The summed E-state index contributed by atoms with van der Waals surface area (Å²) in [4.78, 5) is 24.3. The van der Waals surface area contributed by atoms with Crippen molar-refractivity contribution in [2.24, 2.45) is 11.3 Å². The molecule has 0 unspecified atom stereocenters. The van der Waals surface area contributed by atoms with Gasteiger partial charge in [0.25, 0.3) is 0 Å². The van der Waals surface area contributed by atoms with Gasteiger partial charge in [-0.2, -0.15) is 0 Å². The van der Waals surface area contributed by atoms with E-state index in [0.717, 1.165) is 17.2 Å². The van der Waals surface area contributed by atoms with E-state index in [4.69, 9.17) is 14.2 Å². The van der Waals surface area contributed by atoms with Gasteiger partial charge in [0.2, 0.25) is 5.91 Å². The summed E-state index contributed by atoms with van der Waals surface area (Å²) in [6, 6.07) is 13.5. The SMILES string of the molecule is CCOC(=O)COc1ccc(CC(=O)Nc2cccc(C3CCC(C(C)(C)C)CC3)c2)cc1OC. The third kappa shape index (κ3) is 7.74. The number of rotatable bonds is 9. The lowest BCUT2D eigenvalue weighted by molar-refractivity contribution is -0.145. The molecule has 1 amide bonds. The largest absolute Gasteiger partial charge is 0.493 e. The summed E-state index contributed by atoms with van der Waals surface area (Å²) >= 11 is 0. The molecule has 6 heteroatoms. The van der Waals surface area contributed by atoms with Crippen molar-refractivity contribution >= 4 is 17.6 Å². The summed E-state index contributed by atoms with van der Waals surface area (Å²) in [5.41, 5.74) is 3.29. The van der Waals surface area contributed by atoms with Crippen LogP contribution in [-0.4, -0.2) is 32.2 Å². The van der Waals surface area contributed by atoms with Crippen molar-refractivity contribution in [3.8, 4) is 11.5 Å². The molecule has 2 aromatic rings. The van der Waals surface area contributed by atoms with Crippen LogP contribution in [0.3, 0.4) is 0 Å². The average Bonchev–Trinajstić information content (AvgIpc) is 2.83. The number of methoxy groups -OCH3 is 1. The number of hydrogen-bond donors (Lipinski definition) is 1. The summed E-state index contributed by atoms with van der Waals surface area (Å²) in [5, 5.41) is 3.04. The van der Waals surface area contributed by atoms with Crippen LogP contribution >= 0.6 is 0 Å². The average molecular weight is 482 g/mol. The Morgan fingerprint density at radius 3 is 2.40 bits per heavy atom. The second-order valence-corrected chi connectivity index (χ2v) is 10.3. The molecule has 190 valence electrons. The van der Waals surface area contributed by atoms with Crippen molar-refractivity contribution in [2.45, 2.75) is 65.7 Å². The first kappa shape index (κ1) is 26.6. The molecule has 1 N–H and O–H groups in total. The Hall–Kier alpha value is -3.02. The molecule has 1 aliphatic carbocycles. The molecule has 0 atom stereocenters. The van der Waals surface area contributed by atoms with Gasteiger partial charge in [0.05, 0.1) is 20.1 Å². The molecule has 35 heavy (non-hydrogen) atoms. The van der Waals surface area contributed by atoms with Crippen LogP contribution in [0.2, 0.25) is 0 Å². The smallest absolute Gasteiger partial charge is 0.344 e. The molecule has 1 aliphatic rings. The van der Waals surface area contributed by atoms with Crippen LogP contribution in [0.4, 0.5) is 5.69 Å². The lowest BCUT2D eigenvalue weighted by Gasteiger charge is -2.37. The standard InChI is InChI=1S/C29H39NO5/c1-6-34-28(32)19-35-25-15-10-20(16-26(25)33-5)17-27(31)30-24-9-7-8-22(18-24)21-11-13-23(14-12-21)29(2,3)4/h7-10,15-16,18,21,23H,6,11-14,17,19H2,1-5H3,(H,30,31). The van der Waals surface area contributed by atoms with Crippen LogP contribution in [0.5, 0.6) is 11.5 Å². The van der Waals surface area contributed by atoms with Crippen LogP contribution < -0.4 is 14.8 Å². The van der Waals surface area contributed by atoms with Crippen LogP contribution in [0.1, 0.15) is 70.4 Å². The maximum Gasteiger partial charge on any atom is 0.344 e. The third-order valence-corrected chi connectivity index (χ3v) is 6.84. The number of carbonyl (C=O) groups excluding carboxylic acids is 2. The van der Waals surface area contributed by atoms with Gasteiger partial charge in [-0.05, 0) is 85.3 Å². The maximum absolute atomic E-state index is 12.7. The Kier molecular flexibility index (Phi) is 9.19. The third-order valence-electron chi connectivity index (χ3n) is 6.84. The lowest BCUT2D eigenvalue weighted by atomic mass is 9.68. The minimum absolute atomic E-state index is 0.0964. The van der Waals surface area contributed by atoms with Crippen LogP contribution in [-0.2, 0) is 20.7 Å². The number of hydrogen-bond acceptors (Lipinski definition) is 5. The predicted molar refractivity (Wildman–Crippen MR) is 138 cm³/mol. The number of nitrogens with one attached hydrogen (secondary N) is 1. The van der Waals surface area contributed by atoms with Crippen molar-refractivity contribution in [1.82, 2.24) is 0 Å². The Balaban J connectivity index is 1.57. The fourth-order valence-electron chi connectivity index (χ4n) is 4.83. The molecular weight excluding hydrogens is 442 g/mol. The summed E-state index contributed by atoms with van der Waals surface area (Å²) in [5.74, 6) is 1.69. The molecule has 0 aromatic heterocycles. The van der Waals surface area contributed by atoms with Crippen molar-refractivity contribution in [2.75, 3.05) is 25.6 Å². The molecule has 3 rings (SSSR count). The van der Waals surface area contributed by atoms with Crippen LogP contribution in [0, 0.1) is 11.3 Å². The van der Waals surface area contributed by atoms with Gasteiger partial charge < -0.3 is 19.5 Å². The van der Waals surface area contributed by atoms with E-state index in [0.29, 0.717) is 29.4 Å². The maximum atomic E-state index is 12.7. The quantitative estimate of drug-likeness (QED) is 0.436. The minimum atomic E-state index is -0.442. The normalized spacial score (nSPS) is 18.0. The highest BCUT2D eigenvalue weighted by molar-refractivity contribution is 5.92. The number of anilines is 1. The van der Waals surface area contributed by atoms with E-state index in [1.807, 2.05) is 12.1 Å². The summed E-state index contributed by atoms with van der Waals surface area (Å²) in [7, 11) is 1.52. The molecule has 1 fully saturated rings. The van der Waals surface area contributed by atoms with Crippen LogP contribution in [0.15, 0.2) is 42.5 Å². The van der Waals surface area contributed by atoms with E-state index in [1.54, 1.807) is 25.1 Å². The molecule has 2 aromatic carbocycles. The first-order chi connectivity index (χ1) is 16.7. The number of carbonyl (C=O) groups is 2. The molecular formula is C29H39NO5. The molecule has 0 saturated heterocycles. The highest BCUT2D eigenvalue weighted by atomic mass is 16.6. The van der Waals surface area contributed by atoms with Gasteiger partial charge in [-0.25, -0.2) is 4.79 Å². The van der Waals surface area contributed by atoms with Crippen molar-refractivity contribution in [3.05, 3.63) is 53.6 Å². The summed E-state index contributed by atoms with van der Waals surface area (Å²) in [6.45, 7) is 8.87. The summed E-state index contributed by atoms with van der Waals surface area (Å²) < 4.78 is 15.8. The van der Waals surface area contributed by atoms with E-state index in [2.05, 4.69) is 38.2 Å². The minimum Gasteiger partial charge on any atom is -0.493 e. The molecule has 0 bridgehead atoms. The Labute approximate surface area is 209 Å². The highest BCUT2D eigenvalue weighted by Gasteiger charge is 2.30. The summed E-state index contributed by atoms with van der Waals surface area (Å²) in [6.07, 6.45) is 5.11. The molecule has 0 spiro atoms. The molecule has 1 saturated carbocycles. The van der Waals surface area contributed by atoms with Gasteiger partial charge >= 0.3 is 5.97 Å². The van der Waals surface area contributed by atoms with Gasteiger partial charge in [-0.1, -0.05) is 39.0 Å². The van der Waals surface area contributed by atoms with Gasteiger partial charge in [-0.3, -0.25) is 4.79 Å². The van der Waals surface area contributed by atoms with E-state index < -0.39 is 5.97 Å². The van der Waals surface area contributed by atoms with E-state index >= 15 is 0 Å². The topological polar surface area (TPSA) is 73.9 Å². The van der Waals surface area contributed by atoms with E-state index in [-0.39, 0.29) is 18.9 Å². The number of ether oxygens (including phenoxy) is 3. The number of esters is 1. The lowest BCUT2D eigenvalue weighted by Crippen LogP contribution is -2.25. The molecule has 0 heterocycles. The van der Waals surface area contributed by atoms with Crippen molar-refractivity contribution in [1.29, 1.82) is 0 Å². The number of benzene rings is 2. The fourth-order valence-corrected chi connectivity index (χ4v) is 4.83. The monoisotopic (exact) mass is 481 g/mol. The van der Waals surface area contributed by atoms with E-state index in [1.165, 1.54) is 38.4 Å². The fraction of sp³-hybridized carbons (Fsp3) is 0.517. The molecule has 6 nitrogen and oxygen atoms in total. The van der Waals surface area contributed by atoms with E-state index in [9.17, 15) is 9.59 Å². The van der Waals surface area contributed by atoms with Gasteiger partial charge in [-0.15, -0.1) is 0 Å². The molecule has 0 aliphatic heterocycles. The predicted octanol–water partition coefficient (Wildman–Crippen LogP) is 6.14. The zero-order chi connectivity index (χ0) is 25.4. The molecule has 0 radical (unpaired) electrons. The Bertz CT molecular complexity index is 1000. The zero-order valence-corrected chi connectivity index (χ0v) is 21.7. The Morgan fingerprint density at radius 2 is 1.74 bits per heavy atom.